The van der Waals surface area contributed by atoms with Gasteiger partial charge in [0.1, 0.15) is 16.8 Å². The van der Waals surface area contributed by atoms with Crippen LogP contribution in [0.4, 0.5) is 5.82 Å². The van der Waals surface area contributed by atoms with E-state index in [-0.39, 0.29) is 11.5 Å². The molecule has 2 rings (SSSR count). The molecule has 19 heavy (non-hydrogen) atoms. The maximum Gasteiger partial charge on any atom is 0.137 e. The Morgan fingerprint density at radius 3 is 2.63 bits per heavy atom. The molecule has 1 saturated heterocycles. The van der Waals surface area contributed by atoms with Gasteiger partial charge in [0.25, 0.3) is 0 Å². The quantitative estimate of drug-likeness (QED) is 0.848. The Labute approximate surface area is 119 Å². The Morgan fingerprint density at radius 2 is 2.11 bits per heavy atom. The normalized spacial score (nSPS) is 21.8. The van der Waals surface area contributed by atoms with Crippen molar-refractivity contribution in [1.82, 2.24) is 9.97 Å². The van der Waals surface area contributed by atoms with Gasteiger partial charge in [-0.1, -0.05) is 32.4 Å². The smallest absolute Gasteiger partial charge is 0.137 e. The van der Waals surface area contributed by atoms with Gasteiger partial charge in [-0.3, -0.25) is 0 Å². The van der Waals surface area contributed by atoms with Crippen LogP contribution in [0.3, 0.4) is 0 Å². The Morgan fingerprint density at radius 1 is 1.42 bits per heavy atom. The minimum absolute atomic E-state index is 0.122. The monoisotopic (exact) mass is 283 g/mol. The van der Waals surface area contributed by atoms with E-state index in [4.69, 9.17) is 11.6 Å². The van der Waals surface area contributed by atoms with Crippen molar-refractivity contribution in [3.05, 3.63) is 17.0 Å². The highest BCUT2D eigenvalue weighted by Gasteiger charge is 2.28. The van der Waals surface area contributed by atoms with Gasteiger partial charge in [0, 0.05) is 30.5 Å². The summed E-state index contributed by atoms with van der Waals surface area (Å²) in [5.74, 6) is 1.94. The van der Waals surface area contributed by atoms with Crippen LogP contribution in [0.5, 0.6) is 0 Å². The van der Waals surface area contributed by atoms with Crippen molar-refractivity contribution < 1.29 is 5.11 Å². The molecule has 0 aliphatic carbocycles. The second-order valence-electron chi connectivity index (χ2n) is 6.36. The molecule has 1 fully saturated rings. The highest BCUT2D eigenvalue weighted by Crippen LogP contribution is 2.28. The fourth-order valence-corrected chi connectivity index (χ4v) is 2.47. The van der Waals surface area contributed by atoms with Crippen LogP contribution in [0.2, 0.25) is 5.15 Å². The first kappa shape index (κ1) is 14.5. The standard InChI is InChI=1S/C14H22ClN3O/c1-9(19)10-5-6-18(8-10)12-7-11(15)16-13(17-12)14(2,3)4/h7,9-10,19H,5-6,8H2,1-4H3. The number of aliphatic hydroxyl groups is 1. The zero-order valence-electron chi connectivity index (χ0n) is 12.0. The van der Waals surface area contributed by atoms with Crippen LogP contribution < -0.4 is 4.90 Å². The molecule has 1 aliphatic heterocycles. The first-order valence-electron chi connectivity index (χ1n) is 6.75. The van der Waals surface area contributed by atoms with Gasteiger partial charge in [0.05, 0.1) is 6.10 Å². The van der Waals surface area contributed by atoms with Gasteiger partial charge in [0.15, 0.2) is 0 Å². The minimum atomic E-state index is -0.274. The van der Waals surface area contributed by atoms with Gasteiger partial charge in [-0.15, -0.1) is 0 Å². The molecule has 1 aromatic heterocycles. The highest BCUT2D eigenvalue weighted by atomic mass is 35.5. The van der Waals surface area contributed by atoms with Gasteiger partial charge in [-0.2, -0.15) is 0 Å². The molecule has 0 saturated carbocycles. The third-order valence-electron chi connectivity index (χ3n) is 3.58. The third-order valence-corrected chi connectivity index (χ3v) is 3.78. The van der Waals surface area contributed by atoms with Crippen LogP contribution in [-0.2, 0) is 5.41 Å². The molecule has 1 aromatic rings. The van der Waals surface area contributed by atoms with Crippen molar-refractivity contribution in [1.29, 1.82) is 0 Å². The minimum Gasteiger partial charge on any atom is -0.393 e. The number of halogens is 1. The molecule has 2 heterocycles. The predicted molar refractivity (Wildman–Crippen MR) is 77.7 cm³/mol. The summed E-state index contributed by atoms with van der Waals surface area (Å²) in [5.41, 5.74) is -0.122. The average molecular weight is 284 g/mol. The summed E-state index contributed by atoms with van der Waals surface area (Å²) in [4.78, 5) is 11.1. The Bertz CT molecular complexity index is 456. The molecular formula is C14H22ClN3O. The molecule has 0 spiro atoms. The van der Waals surface area contributed by atoms with E-state index >= 15 is 0 Å². The fraction of sp³-hybridized carbons (Fsp3) is 0.714. The lowest BCUT2D eigenvalue weighted by Crippen LogP contribution is -2.26. The molecule has 0 aromatic carbocycles. The molecule has 0 bridgehead atoms. The summed E-state index contributed by atoms with van der Waals surface area (Å²) in [7, 11) is 0. The van der Waals surface area contributed by atoms with Crippen molar-refractivity contribution in [2.45, 2.75) is 45.6 Å². The number of nitrogens with zero attached hydrogens (tertiary/aromatic N) is 3. The Kier molecular flexibility index (Phi) is 4.02. The summed E-state index contributed by atoms with van der Waals surface area (Å²) in [6.45, 7) is 9.81. The SMILES string of the molecule is CC(O)C1CCN(c2cc(Cl)nc(C(C)(C)C)n2)C1. The van der Waals surface area contributed by atoms with Crippen LogP contribution in [0.15, 0.2) is 6.07 Å². The summed E-state index contributed by atoms with van der Waals surface area (Å²) in [5, 5.41) is 10.2. The van der Waals surface area contributed by atoms with Crippen molar-refractivity contribution in [2.75, 3.05) is 18.0 Å². The third kappa shape index (κ3) is 3.37. The van der Waals surface area contributed by atoms with Crippen molar-refractivity contribution >= 4 is 17.4 Å². The predicted octanol–water partition coefficient (Wildman–Crippen LogP) is 2.63. The molecule has 5 heteroatoms. The van der Waals surface area contributed by atoms with E-state index in [1.165, 1.54) is 0 Å². The molecular weight excluding hydrogens is 262 g/mol. The van der Waals surface area contributed by atoms with Gasteiger partial charge in [-0.25, -0.2) is 9.97 Å². The number of hydrogen-bond donors (Lipinski definition) is 1. The van der Waals surface area contributed by atoms with E-state index in [1.54, 1.807) is 6.07 Å². The molecule has 1 N–H and O–H groups in total. The van der Waals surface area contributed by atoms with Crippen molar-refractivity contribution in [2.24, 2.45) is 5.92 Å². The van der Waals surface area contributed by atoms with Gasteiger partial charge in [0.2, 0.25) is 0 Å². The number of hydrogen-bond acceptors (Lipinski definition) is 4. The summed E-state index contributed by atoms with van der Waals surface area (Å²) in [6.07, 6.45) is 0.717. The number of aromatic nitrogens is 2. The lowest BCUT2D eigenvalue weighted by Gasteiger charge is -2.22. The summed E-state index contributed by atoms with van der Waals surface area (Å²) < 4.78 is 0. The van der Waals surface area contributed by atoms with E-state index in [0.29, 0.717) is 11.1 Å². The Balaban J connectivity index is 2.24. The van der Waals surface area contributed by atoms with Gasteiger partial charge < -0.3 is 10.0 Å². The van der Waals surface area contributed by atoms with Gasteiger partial charge in [-0.05, 0) is 13.3 Å². The molecule has 2 unspecified atom stereocenters. The highest BCUT2D eigenvalue weighted by molar-refractivity contribution is 6.29. The van der Waals surface area contributed by atoms with E-state index < -0.39 is 0 Å². The van der Waals surface area contributed by atoms with Crippen molar-refractivity contribution in [3.63, 3.8) is 0 Å². The van der Waals surface area contributed by atoms with Crippen LogP contribution in [0, 0.1) is 5.92 Å². The number of rotatable bonds is 2. The second-order valence-corrected chi connectivity index (χ2v) is 6.75. The van der Waals surface area contributed by atoms with Crippen LogP contribution >= 0.6 is 11.6 Å². The largest absolute Gasteiger partial charge is 0.393 e. The van der Waals surface area contributed by atoms with Crippen LogP contribution in [-0.4, -0.2) is 34.3 Å². The zero-order chi connectivity index (χ0) is 14.2. The second kappa shape index (κ2) is 5.25. The van der Waals surface area contributed by atoms with E-state index in [2.05, 4.69) is 35.6 Å². The van der Waals surface area contributed by atoms with Gasteiger partial charge >= 0.3 is 0 Å². The van der Waals surface area contributed by atoms with Crippen molar-refractivity contribution in [3.8, 4) is 0 Å². The van der Waals surface area contributed by atoms with E-state index in [1.807, 2.05) is 6.92 Å². The summed E-state index contributed by atoms with van der Waals surface area (Å²) in [6, 6.07) is 1.81. The summed E-state index contributed by atoms with van der Waals surface area (Å²) >= 11 is 6.11. The van der Waals surface area contributed by atoms with Crippen LogP contribution in [0.25, 0.3) is 0 Å². The molecule has 0 radical (unpaired) electrons. The maximum absolute atomic E-state index is 9.67. The first-order chi connectivity index (χ1) is 8.77. The molecule has 1 aliphatic rings. The maximum atomic E-state index is 9.67. The lowest BCUT2D eigenvalue weighted by molar-refractivity contribution is 0.136. The molecule has 106 valence electrons. The first-order valence-corrected chi connectivity index (χ1v) is 7.13. The number of aliphatic hydroxyl groups excluding tert-OH is 1. The topological polar surface area (TPSA) is 49.2 Å². The fourth-order valence-electron chi connectivity index (χ4n) is 2.29. The molecule has 2 atom stereocenters. The van der Waals surface area contributed by atoms with E-state index in [0.717, 1.165) is 31.2 Å². The molecule has 0 amide bonds. The van der Waals surface area contributed by atoms with E-state index in [9.17, 15) is 5.11 Å². The van der Waals surface area contributed by atoms with Crippen LogP contribution in [0.1, 0.15) is 39.9 Å². The zero-order valence-corrected chi connectivity index (χ0v) is 12.8. The number of anilines is 1. The Hall–Kier alpha value is -0.870. The lowest BCUT2D eigenvalue weighted by atomic mass is 9.96. The molecule has 4 nitrogen and oxygen atoms in total. The average Bonchev–Trinajstić information content (AvgIpc) is 2.76.